The van der Waals surface area contributed by atoms with E-state index in [1.54, 1.807) is 11.3 Å². The molecule has 74 valence electrons. The number of hydrogen-bond acceptors (Lipinski definition) is 2. The Hall–Kier alpha value is -0.860. The van der Waals surface area contributed by atoms with Crippen LogP contribution in [-0.2, 0) is 6.42 Å². The molecule has 0 aliphatic heterocycles. The van der Waals surface area contributed by atoms with Crippen LogP contribution in [0.2, 0.25) is 0 Å². The van der Waals surface area contributed by atoms with E-state index in [0.717, 1.165) is 13.0 Å². The highest BCUT2D eigenvalue weighted by atomic mass is 32.1. The van der Waals surface area contributed by atoms with Gasteiger partial charge in [0.25, 0.3) is 0 Å². The Balaban J connectivity index is 2.25. The average Bonchev–Trinajstić information content (AvgIpc) is 2.64. The van der Waals surface area contributed by atoms with Crippen molar-refractivity contribution < 1.29 is 0 Å². The van der Waals surface area contributed by atoms with E-state index < -0.39 is 0 Å². The molecule has 0 fully saturated rings. The quantitative estimate of drug-likeness (QED) is 0.819. The third-order valence-electron chi connectivity index (χ3n) is 2.50. The first-order valence-electron chi connectivity index (χ1n) is 4.96. The number of fused-ring (bicyclic) bond motifs is 1. The van der Waals surface area contributed by atoms with Crippen LogP contribution in [-0.4, -0.2) is 6.54 Å². The molecule has 1 nitrogen and oxygen atoms in total. The van der Waals surface area contributed by atoms with Crippen LogP contribution in [0.15, 0.2) is 29.6 Å². The fourth-order valence-corrected chi connectivity index (χ4v) is 2.40. The maximum Gasteiger partial charge on any atom is 0.0342 e. The van der Waals surface area contributed by atoms with Crippen molar-refractivity contribution in [3.8, 4) is 0 Å². The second-order valence-electron chi connectivity index (χ2n) is 3.84. The SMILES string of the molecule is CC(CN)Cc1ccc2sccc2c1. The van der Waals surface area contributed by atoms with Gasteiger partial charge in [0, 0.05) is 4.70 Å². The van der Waals surface area contributed by atoms with Gasteiger partial charge in [-0.05, 0) is 47.3 Å². The highest BCUT2D eigenvalue weighted by Crippen LogP contribution is 2.22. The largest absolute Gasteiger partial charge is 0.330 e. The highest BCUT2D eigenvalue weighted by molar-refractivity contribution is 7.17. The van der Waals surface area contributed by atoms with Gasteiger partial charge in [-0.3, -0.25) is 0 Å². The molecule has 1 unspecified atom stereocenters. The lowest BCUT2D eigenvalue weighted by Gasteiger charge is -2.07. The van der Waals surface area contributed by atoms with Crippen molar-refractivity contribution in [2.45, 2.75) is 13.3 Å². The molecular weight excluding hydrogens is 190 g/mol. The summed E-state index contributed by atoms with van der Waals surface area (Å²) in [6, 6.07) is 8.87. The molecule has 2 rings (SSSR count). The van der Waals surface area contributed by atoms with Crippen molar-refractivity contribution in [3.05, 3.63) is 35.2 Å². The Morgan fingerprint density at radius 2 is 2.21 bits per heavy atom. The van der Waals surface area contributed by atoms with E-state index in [-0.39, 0.29) is 0 Å². The van der Waals surface area contributed by atoms with Crippen LogP contribution in [0.4, 0.5) is 0 Å². The van der Waals surface area contributed by atoms with Crippen molar-refractivity contribution in [2.75, 3.05) is 6.54 Å². The Labute approximate surface area is 88.6 Å². The van der Waals surface area contributed by atoms with Crippen LogP contribution >= 0.6 is 11.3 Å². The molecule has 1 heterocycles. The van der Waals surface area contributed by atoms with Crippen LogP contribution in [0.1, 0.15) is 12.5 Å². The molecule has 0 spiro atoms. The summed E-state index contributed by atoms with van der Waals surface area (Å²) in [4.78, 5) is 0. The van der Waals surface area contributed by atoms with Crippen molar-refractivity contribution in [2.24, 2.45) is 11.7 Å². The van der Waals surface area contributed by atoms with Gasteiger partial charge in [-0.2, -0.15) is 0 Å². The summed E-state index contributed by atoms with van der Waals surface area (Å²) in [6.07, 6.45) is 1.09. The van der Waals surface area contributed by atoms with Crippen LogP contribution < -0.4 is 5.73 Å². The average molecular weight is 205 g/mol. The maximum atomic E-state index is 5.61. The lowest BCUT2D eigenvalue weighted by atomic mass is 10.0. The molecule has 1 atom stereocenters. The molecule has 2 N–H and O–H groups in total. The fourth-order valence-electron chi connectivity index (χ4n) is 1.63. The zero-order valence-corrected chi connectivity index (χ0v) is 9.18. The van der Waals surface area contributed by atoms with E-state index in [9.17, 15) is 0 Å². The molecule has 0 saturated heterocycles. The van der Waals surface area contributed by atoms with Gasteiger partial charge in [0.15, 0.2) is 0 Å². The molecule has 1 aromatic heterocycles. The number of thiophene rings is 1. The minimum atomic E-state index is 0.575. The molecule has 0 amide bonds. The van der Waals surface area contributed by atoms with Gasteiger partial charge in [-0.25, -0.2) is 0 Å². The van der Waals surface area contributed by atoms with Gasteiger partial charge in [0.2, 0.25) is 0 Å². The Bertz CT molecular complexity index is 419. The maximum absolute atomic E-state index is 5.61. The summed E-state index contributed by atoms with van der Waals surface area (Å²) in [5, 5.41) is 3.50. The van der Waals surface area contributed by atoms with Gasteiger partial charge < -0.3 is 5.73 Å². The summed E-state index contributed by atoms with van der Waals surface area (Å²) in [5.74, 6) is 0.575. The van der Waals surface area contributed by atoms with Crippen LogP contribution in [0.3, 0.4) is 0 Å². The summed E-state index contributed by atoms with van der Waals surface area (Å²) in [6.45, 7) is 2.96. The lowest BCUT2D eigenvalue weighted by Crippen LogP contribution is -2.12. The number of rotatable bonds is 3. The predicted octanol–water partition coefficient (Wildman–Crippen LogP) is 3.04. The van der Waals surface area contributed by atoms with E-state index in [1.165, 1.54) is 15.6 Å². The molecule has 0 radical (unpaired) electrons. The van der Waals surface area contributed by atoms with Gasteiger partial charge in [-0.15, -0.1) is 11.3 Å². The molecule has 0 bridgehead atoms. The first kappa shape index (κ1) is 9.69. The summed E-state index contributed by atoms with van der Waals surface area (Å²) < 4.78 is 1.37. The van der Waals surface area contributed by atoms with Crippen molar-refractivity contribution in [3.63, 3.8) is 0 Å². The number of benzene rings is 1. The van der Waals surface area contributed by atoms with E-state index in [4.69, 9.17) is 5.73 Å². The molecule has 1 aromatic carbocycles. The predicted molar refractivity (Wildman–Crippen MR) is 63.7 cm³/mol. The van der Waals surface area contributed by atoms with E-state index in [2.05, 4.69) is 36.6 Å². The third kappa shape index (κ3) is 1.97. The molecule has 2 heteroatoms. The topological polar surface area (TPSA) is 26.0 Å². The monoisotopic (exact) mass is 205 g/mol. The van der Waals surface area contributed by atoms with Crippen LogP contribution in [0.25, 0.3) is 10.1 Å². The molecule has 2 aromatic rings. The molecular formula is C12H15NS. The zero-order valence-electron chi connectivity index (χ0n) is 8.36. The van der Waals surface area contributed by atoms with Crippen LogP contribution in [0, 0.1) is 5.92 Å². The fraction of sp³-hybridized carbons (Fsp3) is 0.333. The van der Waals surface area contributed by atoms with Crippen molar-refractivity contribution in [1.29, 1.82) is 0 Å². The number of hydrogen-bond donors (Lipinski definition) is 1. The second kappa shape index (κ2) is 4.11. The minimum Gasteiger partial charge on any atom is -0.330 e. The third-order valence-corrected chi connectivity index (χ3v) is 3.40. The molecule has 0 saturated carbocycles. The standard InChI is InChI=1S/C12H15NS/c1-9(8-13)6-10-2-3-12-11(7-10)4-5-14-12/h2-5,7,9H,6,8,13H2,1H3. The summed E-state index contributed by atoms with van der Waals surface area (Å²) in [5.41, 5.74) is 7.01. The first-order chi connectivity index (χ1) is 6.79. The summed E-state index contributed by atoms with van der Waals surface area (Å²) in [7, 11) is 0. The van der Waals surface area contributed by atoms with Gasteiger partial charge in [0.05, 0.1) is 0 Å². The molecule has 0 aliphatic carbocycles. The smallest absolute Gasteiger partial charge is 0.0342 e. The van der Waals surface area contributed by atoms with Gasteiger partial charge in [0.1, 0.15) is 0 Å². The van der Waals surface area contributed by atoms with Crippen molar-refractivity contribution in [1.82, 2.24) is 0 Å². The Morgan fingerprint density at radius 1 is 1.36 bits per heavy atom. The van der Waals surface area contributed by atoms with Gasteiger partial charge >= 0.3 is 0 Å². The van der Waals surface area contributed by atoms with E-state index in [1.807, 2.05) is 0 Å². The zero-order chi connectivity index (χ0) is 9.97. The van der Waals surface area contributed by atoms with E-state index in [0.29, 0.717) is 5.92 Å². The Kier molecular flexibility index (Phi) is 2.85. The summed E-state index contributed by atoms with van der Waals surface area (Å²) >= 11 is 1.80. The van der Waals surface area contributed by atoms with Crippen molar-refractivity contribution >= 4 is 21.4 Å². The first-order valence-corrected chi connectivity index (χ1v) is 5.84. The minimum absolute atomic E-state index is 0.575. The normalized spacial score (nSPS) is 13.3. The van der Waals surface area contributed by atoms with Crippen LogP contribution in [0.5, 0.6) is 0 Å². The molecule has 14 heavy (non-hydrogen) atoms. The van der Waals surface area contributed by atoms with Gasteiger partial charge in [-0.1, -0.05) is 19.1 Å². The second-order valence-corrected chi connectivity index (χ2v) is 4.79. The lowest BCUT2D eigenvalue weighted by molar-refractivity contribution is 0.593. The van der Waals surface area contributed by atoms with E-state index >= 15 is 0 Å². The number of nitrogens with two attached hydrogens (primary N) is 1. The molecule has 0 aliphatic rings. The Morgan fingerprint density at radius 3 is 3.00 bits per heavy atom. The highest BCUT2D eigenvalue weighted by Gasteiger charge is 2.02.